The molecule has 2 saturated heterocycles. The Labute approximate surface area is 216 Å². The van der Waals surface area contributed by atoms with E-state index in [1.54, 1.807) is 24.3 Å². The third kappa shape index (κ3) is 5.06. The smallest absolute Gasteiger partial charge is 0.416 e. The quantitative estimate of drug-likeness (QED) is 0.498. The van der Waals surface area contributed by atoms with E-state index in [1.165, 1.54) is 34.7 Å². The Morgan fingerprint density at radius 2 is 1.92 bits per heavy atom. The highest BCUT2D eigenvalue weighted by atomic mass is 32.2. The minimum absolute atomic E-state index is 0.00767. The van der Waals surface area contributed by atoms with Crippen molar-refractivity contribution in [2.45, 2.75) is 24.7 Å². The maximum atomic E-state index is 13.2. The van der Waals surface area contributed by atoms with E-state index >= 15 is 0 Å². The van der Waals surface area contributed by atoms with E-state index in [2.05, 4.69) is 14.4 Å². The molecule has 0 bridgehead atoms. The van der Waals surface area contributed by atoms with Crippen molar-refractivity contribution in [2.24, 2.45) is 0 Å². The van der Waals surface area contributed by atoms with Crippen molar-refractivity contribution in [1.29, 1.82) is 0 Å². The number of ether oxygens (including phenoxy) is 2. The van der Waals surface area contributed by atoms with Gasteiger partial charge < -0.3 is 18.9 Å². The molecule has 3 heterocycles. The average Bonchev–Trinajstić information content (AvgIpc) is 3.40. The number of benzene rings is 2. The van der Waals surface area contributed by atoms with Crippen molar-refractivity contribution in [3.8, 4) is 16.9 Å². The molecule has 1 N–H and O–H groups in total. The second kappa shape index (κ2) is 9.93. The molecule has 2 fully saturated rings. The van der Waals surface area contributed by atoms with Crippen LogP contribution in [0.5, 0.6) is 5.75 Å². The summed E-state index contributed by atoms with van der Waals surface area (Å²) in [6.07, 6.45) is -3.59. The Morgan fingerprint density at radius 3 is 2.63 bits per heavy atom. The fourth-order valence-corrected chi connectivity index (χ4v) is 5.88. The summed E-state index contributed by atoms with van der Waals surface area (Å²) in [7, 11) is -2.54. The highest BCUT2D eigenvalue weighted by molar-refractivity contribution is 7.90. The summed E-state index contributed by atoms with van der Waals surface area (Å²) in [4.78, 5) is 14.5. The van der Waals surface area contributed by atoms with Crippen LogP contribution in [0.4, 0.5) is 24.7 Å². The van der Waals surface area contributed by atoms with E-state index in [0.29, 0.717) is 16.8 Å². The molecule has 0 aliphatic carbocycles. The van der Waals surface area contributed by atoms with Gasteiger partial charge in [0.25, 0.3) is 5.91 Å². The average molecular weight is 553 g/mol. The topological polar surface area (TPSA) is 114 Å². The largest absolute Gasteiger partial charge is 0.495 e. The predicted molar refractivity (Wildman–Crippen MR) is 130 cm³/mol. The first-order valence-corrected chi connectivity index (χ1v) is 13.0. The third-order valence-electron chi connectivity index (χ3n) is 6.48. The molecule has 10 nitrogen and oxygen atoms in total. The van der Waals surface area contributed by atoms with Crippen molar-refractivity contribution >= 4 is 27.6 Å². The van der Waals surface area contributed by atoms with Gasteiger partial charge >= 0.3 is 16.4 Å². The Bertz CT molecular complexity index is 1430. The van der Waals surface area contributed by atoms with Crippen LogP contribution in [0.25, 0.3) is 11.1 Å². The number of nitrogens with one attached hydrogen (secondary N) is 1. The van der Waals surface area contributed by atoms with Gasteiger partial charge in [-0.25, -0.2) is 0 Å². The van der Waals surface area contributed by atoms with Crippen LogP contribution < -0.4 is 14.4 Å². The van der Waals surface area contributed by atoms with Crippen LogP contribution in [-0.4, -0.2) is 62.7 Å². The maximum absolute atomic E-state index is 13.2. The number of morpholine rings is 1. The summed E-state index contributed by atoms with van der Waals surface area (Å²) in [6, 6.07) is 10.6. The normalized spacial score (nSPS) is 20.7. The van der Waals surface area contributed by atoms with E-state index in [0.717, 1.165) is 12.1 Å². The van der Waals surface area contributed by atoms with Crippen LogP contribution in [0.1, 0.15) is 12.0 Å². The number of fused-ring (bicyclic) bond motifs is 1. The molecule has 0 spiro atoms. The number of hydrogen-bond acceptors (Lipinski definition) is 7. The van der Waals surface area contributed by atoms with Gasteiger partial charge in [0.05, 0.1) is 30.5 Å². The number of amides is 1. The van der Waals surface area contributed by atoms with Crippen molar-refractivity contribution in [3.63, 3.8) is 0 Å². The summed E-state index contributed by atoms with van der Waals surface area (Å²) in [5, 5.41) is 3.56. The molecule has 1 amide bonds. The van der Waals surface area contributed by atoms with Crippen molar-refractivity contribution in [3.05, 3.63) is 60.4 Å². The standard InChI is InChI=1S/C24H23F3N4O6S/c1-35-20-12-16(15-3-2-4-17(11-15)24(25,26)27)5-6-18(20)31-19-7-9-30(13-21(19)36-14-23(31)32)38(33,34)29-22-8-10-37-28-22/h2-6,8,10-12,19,21H,7,9,13-14H2,1H3,(H,28,29)/t19-,21-/m1/s1. The fraction of sp³-hybridized carbons (Fsp3) is 0.333. The molecule has 0 unspecified atom stereocenters. The molecule has 0 radical (unpaired) electrons. The molecular formula is C24H23F3N4O6S. The highest BCUT2D eigenvalue weighted by Gasteiger charge is 2.44. The molecule has 38 heavy (non-hydrogen) atoms. The second-order valence-corrected chi connectivity index (χ2v) is 10.5. The van der Waals surface area contributed by atoms with Crippen LogP contribution in [0.2, 0.25) is 0 Å². The van der Waals surface area contributed by atoms with Crippen LogP contribution in [0.15, 0.2) is 59.3 Å². The number of carbonyl (C=O) groups excluding carboxylic acids is 1. The Balaban J connectivity index is 1.40. The zero-order valence-electron chi connectivity index (χ0n) is 20.0. The molecule has 1 aromatic heterocycles. The number of alkyl halides is 3. The first-order chi connectivity index (χ1) is 18.1. The lowest BCUT2D eigenvalue weighted by molar-refractivity contribution is -0.137. The fourth-order valence-electron chi connectivity index (χ4n) is 4.69. The summed E-state index contributed by atoms with van der Waals surface area (Å²) < 4.78 is 84.7. The predicted octanol–water partition coefficient (Wildman–Crippen LogP) is 3.53. The van der Waals surface area contributed by atoms with E-state index in [4.69, 9.17) is 9.47 Å². The number of piperidine rings is 1. The van der Waals surface area contributed by atoms with E-state index in [-0.39, 0.29) is 43.6 Å². The lowest BCUT2D eigenvalue weighted by Crippen LogP contribution is -2.62. The molecule has 14 heteroatoms. The minimum Gasteiger partial charge on any atom is -0.495 e. The lowest BCUT2D eigenvalue weighted by Gasteiger charge is -2.46. The highest BCUT2D eigenvalue weighted by Crippen LogP contribution is 2.39. The van der Waals surface area contributed by atoms with Gasteiger partial charge in [0.1, 0.15) is 18.6 Å². The zero-order chi connectivity index (χ0) is 27.1. The molecule has 202 valence electrons. The van der Waals surface area contributed by atoms with Gasteiger partial charge in [-0.15, -0.1) is 0 Å². The minimum atomic E-state index is -4.48. The van der Waals surface area contributed by atoms with Crippen molar-refractivity contribution in [2.75, 3.05) is 36.4 Å². The number of methoxy groups -OCH3 is 1. The van der Waals surface area contributed by atoms with Crippen LogP contribution in [0.3, 0.4) is 0 Å². The Hall–Kier alpha value is -3.62. The van der Waals surface area contributed by atoms with Gasteiger partial charge in [-0.2, -0.15) is 25.9 Å². The molecule has 2 atom stereocenters. The molecule has 2 aromatic carbocycles. The monoisotopic (exact) mass is 552 g/mol. The van der Waals surface area contributed by atoms with Gasteiger partial charge in [0.2, 0.25) is 0 Å². The van der Waals surface area contributed by atoms with Crippen LogP contribution in [-0.2, 0) is 25.9 Å². The summed E-state index contributed by atoms with van der Waals surface area (Å²) in [6.45, 7) is -0.178. The number of anilines is 2. The van der Waals surface area contributed by atoms with E-state index < -0.39 is 34.1 Å². The number of aromatic nitrogens is 1. The summed E-state index contributed by atoms with van der Waals surface area (Å²) in [5.74, 6) is -0.0100. The number of nitrogens with zero attached hydrogens (tertiary/aromatic N) is 3. The van der Waals surface area contributed by atoms with Gasteiger partial charge in [-0.3, -0.25) is 9.52 Å². The molecule has 5 rings (SSSR count). The Morgan fingerprint density at radius 1 is 1.13 bits per heavy atom. The van der Waals surface area contributed by atoms with Crippen LogP contribution in [0, 0.1) is 0 Å². The molecular weight excluding hydrogens is 529 g/mol. The van der Waals surface area contributed by atoms with Gasteiger partial charge in [0.15, 0.2) is 5.82 Å². The number of halogens is 3. The summed E-state index contributed by atoms with van der Waals surface area (Å²) >= 11 is 0. The first-order valence-electron chi connectivity index (χ1n) is 11.5. The van der Waals surface area contributed by atoms with Gasteiger partial charge in [0, 0.05) is 19.2 Å². The van der Waals surface area contributed by atoms with Crippen LogP contribution >= 0.6 is 0 Å². The number of carbonyl (C=O) groups is 1. The molecule has 2 aliphatic heterocycles. The third-order valence-corrected chi connectivity index (χ3v) is 7.96. The second-order valence-electron chi connectivity index (χ2n) is 8.78. The molecule has 2 aliphatic rings. The summed E-state index contributed by atoms with van der Waals surface area (Å²) in [5.41, 5.74) is 0.468. The molecule has 0 saturated carbocycles. The van der Waals surface area contributed by atoms with E-state index in [1.807, 2.05) is 0 Å². The van der Waals surface area contributed by atoms with Crippen molar-refractivity contribution < 1.29 is 40.4 Å². The number of rotatable bonds is 6. The van der Waals surface area contributed by atoms with E-state index in [9.17, 15) is 26.4 Å². The SMILES string of the molecule is COc1cc(-c2cccc(C(F)(F)F)c2)ccc1N1C(=O)CO[C@@H]2CN(S(=O)(=O)Nc3ccon3)CC[C@H]21. The maximum Gasteiger partial charge on any atom is 0.416 e. The lowest BCUT2D eigenvalue weighted by atomic mass is 9.97. The zero-order valence-corrected chi connectivity index (χ0v) is 20.8. The van der Waals surface area contributed by atoms with Gasteiger partial charge in [-0.05, 0) is 41.8 Å². The Kier molecular flexibility index (Phi) is 6.79. The molecule has 3 aromatic rings. The first kappa shape index (κ1) is 26.0. The van der Waals surface area contributed by atoms with Gasteiger partial charge in [-0.1, -0.05) is 23.4 Å². The van der Waals surface area contributed by atoms with Crippen molar-refractivity contribution in [1.82, 2.24) is 9.46 Å². The number of hydrogen-bond donors (Lipinski definition) is 1.